The third-order valence-electron chi connectivity index (χ3n) is 3.68. The number of piperazine rings is 1. The smallest absolute Gasteiger partial charge is 0.364 e. The van der Waals surface area contributed by atoms with Gasteiger partial charge in [-0.2, -0.15) is 13.2 Å². The van der Waals surface area contributed by atoms with Gasteiger partial charge in [-0.3, -0.25) is 9.59 Å². The van der Waals surface area contributed by atoms with E-state index in [9.17, 15) is 22.8 Å². The van der Waals surface area contributed by atoms with E-state index in [-0.39, 0.29) is 24.3 Å². The molecule has 0 saturated carbocycles. The van der Waals surface area contributed by atoms with Crippen molar-refractivity contribution < 1.29 is 27.3 Å². The summed E-state index contributed by atoms with van der Waals surface area (Å²) in [6.45, 7) is 0.461. The van der Waals surface area contributed by atoms with Crippen molar-refractivity contribution in [1.82, 2.24) is 15.4 Å². The molecule has 24 heavy (non-hydrogen) atoms. The molecular weight excluding hydrogens is 327 g/mol. The van der Waals surface area contributed by atoms with Crippen LogP contribution in [0.5, 0.6) is 0 Å². The number of nitrogens with zero attached hydrogens (tertiary/aromatic N) is 2. The molecular formula is C15H12F3N3O3. The number of benzene rings is 1. The Hall–Kier alpha value is -2.84. The van der Waals surface area contributed by atoms with Gasteiger partial charge in [-0.05, 0) is 17.7 Å². The summed E-state index contributed by atoms with van der Waals surface area (Å²) in [5.74, 6) is -0.985. The molecule has 1 aromatic heterocycles. The normalized spacial score (nSPS) is 18.4. The van der Waals surface area contributed by atoms with Crippen LogP contribution in [0.3, 0.4) is 0 Å². The summed E-state index contributed by atoms with van der Waals surface area (Å²) in [5, 5.41) is 6.15. The maximum Gasteiger partial charge on any atom is 0.416 e. The number of carbonyl (C=O) groups is 2. The molecule has 0 bridgehead atoms. The van der Waals surface area contributed by atoms with Gasteiger partial charge in [0.05, 0.1) is 5.56 Å². The highest BCUT2D eigenvalue weighted by Gasteiger charge is 2.36. The Balaban J connectivity index is 1.92. The molecule has 2 aromatic rings. The summed E-state index contributed by atoms with van der Waals surface area (Å²) < 4.78 is 42.6. The zero-order valence-electron chi connectivity index (χ0n) is 12.2. The van der Waals surface area contributed by atoms with Crippen LogP contribution in [-0.4, -0.2) is 35.0 Å². The fourth-order valence-corrected chi connectivity index (χ4v) is 2.54. The standard InChI is InChI=1S/C15H12F3N3O3/c16-15(17,18)10-3-1-9(2-4-10)12-13(22)19-6-7-21(12)14(23)11-5-8-24-20-11/h1-5,8,12H,6-7H2,(H,19,22)/t12-/m0/s1. The molecule has 2 amide bonds. The average molecular weight is 339 g/mol. The van der Waals surface area contributed by atoms with Gasteiger partial charge >= 0.3 is 6.18 Å². The summed E-state index contributed by atoms with van der Waals surface area (Å²) >= 11 is 0. The SMILES string of the molecule is O=C1NCCN(C(=O)c2ccon2)[C@H]1c1ccc(C(F)(F)F)cc1. The number of rotatable bonds is 2. The van der Waals surface area contributed by atoms with Gasteiger partial charge in [0.2, 0.25) is 5.91 Å². The quantitative estimate of drug-likeness (QED) is 0.908. The van der Waals surface area contributed by atoms with E-state index < -0.39 is 29.6 Å². The van der Waals surface area contributed by atoms with E-state index in [2.05, 4.69) is 15.0 Å². The fraction of sp³-hybridized carbons (Fsp3) is 0.267. The van der Waals surface area contributed by atoms with Crippen LogP contribution in [-0.2, 0) is 11.0 Å². The molecule has 1 saturated heterocycles. The van der Waals surface area contributed by atoms with Crippen LogP contribution in [0.25, 0.3) is 0 Å². The van der Waals surface area contributed by atoms with Crippen LogP contribution in [0, 0.1) is 0 Å². The maximum absolute atomic E-state index is 12.7. The first-order valence-electron chi connectivity index (χ1n) is 7.04. The molecule has 0 spiro atoms. The van der Waals surface area contributed by atoms with Crippen molar-refractivity contribution in [2.75, 3.05) is 13.1 Å². The van der Waals surface area contributed by atoms with E-state index in [4.69, 9.17) is 0 Å². The largest absolute Gasteiger partial charge is 0.416 e. The van der Waals surface area contributed by atoms with E-state index in [1.807, 2.05) is 0 Å². The van der Waals surface area contributed by atoms with Crippen LogP contribution in [0.2, 0.25) is 0 Å². The lowest BCUT2D eigenvalue weighted by molar-refractivity contribution is -0.137. The average Bonchev–Trinajstić information content (AvgIpc) is 3.08. The van der Waals surface area contributed by atoms with E-state index in [1.165, 1.54) is 29.4 Å². The lowest BCUT2D eigenvalue weighted by atomic mass is 10.0. The molecule has 1 atom stereocenters. The highest BCUT2D eigenvalue weighted by Crippen LogP contribution is 2.31. The van der Waals surface area contributed by atoms with E-state index >= 15 is 0 Å². The maximum atomic E-state index is 12.7. The highest BCUT2D eigenvalue weighted by molar-refractivity contribution is 5.97. The minimum absolute atomic E-state index is 0.0293. The number of halogens is 3. The highest BCUT2D eigenvalue weighted by atomic mass is 19.4. The number of alkyl halides is 3. The second kappa shape index (κ2) is 5.99. The molecule has 1 aromatic carbocycles. The molecule has 3 rings (SSSR count). The van der Waals surface area contributed by atoms with Gasteiger partial charge in [0.25, 0.3) is 5.91 Å². The molecule has 0 radical (unpaired) electrons. The minimum atomic E-state index is -4.47. The number of aromatic nitrogens is 1. The van der Waals surface area contributed by atoms with Gasteiger partial charge in [-0.15, -0.1) is 0 Å². The second-order valence-corrected chi connectivity index (χ2v) is 5.20. The summed E-state index contributed by atoms with van der Waals surface area (Å²) in [7, 11) is 0. The van der Waals surface area contributed by atoms with Crippen LogP contribution in [0.4, 0.5) is 13.2 Å². The summed E-state index contributed by atoms with van der Waals surface area (Å²) in [4.78, 5) is 25.9. The lowest BCUT2D eigenvalue weighted by Gasteiger charge is -2.34. The first-order chi connectivity index (χ1) is 11.4. The van der Waals surface area contributed by atoms with Crippen molar-refractivity contribution in [1.29, 1.82) is 0 Å². The third-order valence-corrected chi connectivity index (χ3v) is 3.68. The molecule has 1 fully saturated rings. The number of hydrogen-bond donors (Lipinski definition) is 1. The van der Waals surface area contributed by atoms with Crippen molar-refractivity contribution in [3.05, 3.63) is 53.4 Å². The van der Waals surface area contributed by atoms with E-state index in [0.29, 0.717) is 0 Å². The number of hydrogen-bond acceptors (Lipinski definition) is 4. The van der Waals surface area contributed by atoms with Gasteiger partial charge < -0.3 is 14.7 Å². The minimum Gasteiger partial charge on any atom is -0.364 e. The van der Waals surface area contributed by atoms with Crippen molar-refractivity contribution in [2.24, 2.45) is 0 Å². The predicted octanol–water partition coefficient (Wildman–Crippen LogP) is 2.01. The molecule has 9 heteroatoms. The van der Waals surface area contributed by atoms with Gasteiger partial charge in [-0.1, -0.05) is 17.3 Å². The van der Waals surface area contributed by atoms with E-state index in [0.717, 1.165) is 12.1 Å². The lowest BCUT2D eigenvalue weighted by Crippen LogP contribution is -2.52. The Morgan fingerprint density at radius 3 is 2.54 bits per heavy atom. The monoisotopic (exact) mass is 339 g/mol. The summed E-state index contributed by atoms with van der Waals surface area (Å²) in [6, 6.07) is 4.50. The molecule has 1 aliphatic heterocycles. The predicted molar refractivity (Wildman–Crippen MR) is 74.7 cm³/mol. The van der Waals surface area contributed by atoms with Crippen molar-refractivity contribution in [2.45, 2.75) is 12.2 Å². The number of carbonyl (C=O) groups excluding carboxylic acids is 2. The Labute approximate surface area is 134 Å². The van der Waals surface area contributed by atoms with Crippen LogP contribution < -0.4 is 5.32 Å². The first-order valence-corrected chi connectivity index (χ1v) is 7.04. The summed E-state index contributed by atoms with van der Waals surface area (Å²) in [5.41, 5.74) is -0.504. The molecule has 0 aliphatic carbocycles. The fourth-order valence-electron chi connectivity index (χ4n) is 2.54. The Morgan fingerprint density at radius 2 is 1.96 bits per heavy atom. The topological polar surface area (TPSA) is 75.4 Å². The molecule has 126 valence electrons. The molecule has 1 N–H and O–H groups in total. The Morgan fingerprint density at radius 1 is 1.25 bits per heavy atom. The van der Waals surface area contributed by atoms with Gasteiger partial charge in [0.15, 0.2) is 5.69 Å². The van der Waals surface area contributed by atoms with Crippen LogP contribution in [0.15, 0.2) is 41.1 Å². The van der Waals surface area contributed by atoms with Crippen molar-refractivity contribution >= 4 is 11.8 Å². The Bertz CT molecular complexity index is 742. The van der Waals surface area contributed by atoms with Gasteiger partial charge in [-0.25, -0.2) is 0 Å². The van der Waals surface area contributed by atoms with E-state index in [1.54, 1.807) is 0 Å². The molecule has 1 aliphatic rings. The van der Waals surface area contributed by atoms with Gasteiger partial charge in [0, 0.05) is 19.2 Å². The molecule has 2 heterocycles. The van der Waals surface area contributed by atoms with Crippen molar-refractivity contribution in [3.63, 3.8) is 0 Å². The number of nitrogens with one attached hydrogen (secondary N) is 1. The zero-order chi connectivity index (χ0) is 17.3. The number of amides is 2. The second-order valence-electron chi connectivity index (χ2n) is 5.20. The Kier molecular flexibility index (Phi) is 4.00. The van der Waals surface area contributed by atoms with Gasteiger partial charge in [0.1, 0.15) is 12.3 Å². The molecule has 0 unspecified atom stereocenters. The molecule has 6 nitrogen and oxygen atoms in total. The van der Waals surface area contributed by atoms with Crippen molar-refractivity contribution in [3.8, 4) is 0 Å². The van der Waals surface area contributed by atoms with Crippen LogP contribution in [0.1, 0.15) is 27.7 Å². The third kappa shape index (κ3) is 2.97. The first kappa shape index (κ1) is 16.0. The zero-order valence-corrected chi connectivity index (χ0v) is 12.2. The van der Waals surface area contributed by atoms with Crippen LogP contribution >= 0.6 is 0 Å². The summed E-state index contributed by atoms with van der Waals surface area (Å²) in [6.07, 6.45) is -3.24.